The quantitative estimate of drug-likeness (QED) is 0.499. The number of fused-ring (bicyclic) bond motifs is 2. The van der Waals surface area contributed by atoms with Gasteiger partial charge >= 0.3 is 0 Å². The zero-order valence-corrected chi connectivity index (χ0v) is 18.6. The summed E-state index contributed by atoms with van der Waals surface area (Å²) in [7, 11) is 1.52. The van der Waals surface area contributed by atoms with Crippen LogP contribution in [0.15, 0.2) is 58.3 Å². The fourth-order valence-electron chi connectivity index (χ4n) is 3.69. The fourth-order valence-corrected chi connectivity index (χ4v) is 5.41. The molecule has 2 amide bonds. The molecule has 0 fully saturated rings. The lowest BCUT2D eigenvalue weighted by atomic mass is 10.1. The minimum Gasteiger partial charge on any atom is -0.477 e. The number of ether oxygens (including phenoxy) is 1. The van der Waals surface area contributed by atoms with E-state index < -0.39 is 6.10 Å². The average molecular weight is 467 g/mol. The normalized spacial score (nSPS) is 15.3. The Labute approximate surface area is 190 Å². The van der Waals surface area contributed by atoms with Crippen LogP contribution in [-0.2, 0) is 16.1 Å². The van der Waals surface area contributed by atoms with Crippen molar-refractivity contribution in [1.29, 1.82) is 0 Å². The van der Waals surface area contributed by atoms with Gasteiger partial charge in [0.1, 0.15) is 17.1 Å². The zero-order valence-electron chi connectivity index (χ0n) is 17.0. The van der Waals surface area contributed by atoms with Gasteiger partial charge in [-0.3, -0.25) is 19.0 Å². The average Bonchev–Trinajstić information content (AvgIpc) is 3.49. The number of thiophene rings is 2. The molecule has 1 aliphatic heterocycles. The Morgan fingerprint density at radius 3 is 2.84 bits per heavy atom. The third-order valence-electron chi connectivity index (χ3n) is 5.27. The van der Waals surface area contributed by atoms with Crippen LogP contribution in [0.5, 0.6) is 5.75 Å². The van der Waals surface area contributed by atoms with Crippen LogP contribution in [0.4, 0.5) is 5.69 Å². The molecule has 1 N–H and O–H groups in total. The van der Waals surface area contributed by atoms with Crippen molar-refractivity contribution in [1.82, 2.24) is 14.9 Å². The number of para-hydroxylation sites is 2. The Bertz CT molecular complexity index is 1380. The highest BCUT2D eigenvalue weighted by atomic mass is 32.1. The second kappa shape index (κ2) is 8.21. The summed E-state index contributed by atoms with van der Waals surface area (Å²) in [5.74, 6) is -0.207. The van der Waals surface area contributed by atoms with Crippen LogP contribution in [0, 0.1) is 0 Å². The third-order valence-corrected chi connectivity index (χ3v) is 7.06. The van der Waals surface area contributed by atoms with Crippen LogP contribution in [0.25, 0.3) is 20.7 Å². The van der Waals surface area contributed by atoms with Gasteiger partial charge in [-0.15, -0.1) is 22.7 Å². The molecule has 0 bridgehead atoms. The van der Waals surface area contributed by atoms with Gasteiger partial charge in [-0.05, 0) is 23.6 Å². The molecule has 1 atom stereocenters. The molecular weight excluding hydrogens is 448 g/mol. The number of aromatic nitrogens is 2. The van der Waals surface area contributed by atoms with E-state index in [0.29, 0.717) is 21.7 Å². The number of nitrogens with one attached hydrogen (secondary N) is 1. The first kappa shape index (κ1) is 20.4. The lowest BCUT2D eigenvalue weighted by molar-refractivity contribution is -0.128. The van der Waals surface area contributed by atoms with Crippen molar-refractivity contribution in [3.05, 3.63) is 63.8 Å². The Morgan fingerprint density at radius 2 is 2.06 bits per heavy atom. The van der Waals surface area contributed by atoms with Gasteiger partial charge < -0.3 is 15.0 Å². The zero-order chi connectivity index (χ0) is 22.2. The number of rotatable bonds is 4. The number of benzene rings is 1. The number of carbonyl (C=O) groups is 2. The molecule has 10 heteroatoms. The van der Waals surface area contributed by atoms with Crippen LogP contribution in [-0.4, -0.2) is 41.1 Å². The minimum atomic E-state index is -0.835. The van der Waals surface area contributed by atoms with Gasteiger partial charge in [0, 0.05) is 22.9 Å². The first-order chi connectivity index (χ1) is 15.6. The Hall–Kier alpha value is -3.50. The van der Waals surface area contributed by atoms with Crippen LogP contribution < -0.4 is 20.5 Å². The summed E-state index contributed by atoms with van der Waals surface area (Å²) in [6.45, 7) is -0.144. The van der Waals surface area contributed by atoms with Crippen LogP contribution in [0.2, 0.25) is 0 Å². The van der Waals surface area contributed by atoms with Crippen molar-refractivity contribution >= 4 is 50.4 Å². The van der Waals surface area contributed by atoms with Gasteiger partial charge in [0.2, 0.25) is 5.91 Å². The summed E-state index contributed by atoms with van der Waals surface area (Å²) < 4.78 is 7.08. The molecule has 1 aromatic carbocycles. The number of amides is 2. The van der Waals surface area contributed by atoms with E-state index in [1.54, 1.807) is 35.6 Å². The van der Waals surface area contributed by atoms with Crippen molar-refractivity contribution in [2.24, 2.45) is 0 Å². The summed E-state index contributed by atoms with van der Waals surface area (Å²) in [5.41, 5.74) is 1.13. The number of likely N-dealkylation sites (N-methyl/N-ethyl adjacent to an activating group) is 1. The van der Waals surface area contributed by atoms with Crippen molar-refractivity contribution in [2.75, 3.05) is 18.5 Å². The third kappa shape index (κ3) is 3.47. The van der Waals surface area contributed by atoms with Crippen LogP contribution in [0.1, 0.15) is 0 Å². The van der Waals surface area contributed by atoms with Crippen molar-refractivity contribution in [2.45, 2.75) is 12.6 Å². The molecule has 4 heterocycles. The number of carbonyl (C=O) groups excluding carboxylic acids is 2. The summed E-state index contributed by atoms with van der Waals surface area (Å²) in [4.78, 5) is 46.2. The predicted molar refractivity (Wildman–Crippen MR) is 124 cm³/mol. The molecule has 0 saturated heterocycles. The van der Waals surface area contributed by atoms with Crippen molar-refractivity contribution in [3.8, 4) is 16.2 Å². The molecule has 5 rings (SSSR count). The minimum absolute atomic E-state index is 0.0544. The number of anilines is 1. The summed E-state index contributed by atoms with van der Waals surface area (Å²) in [5, 5.41) is 6.94. The smallest absolute Gasteiger partial charge is 0.263 e. The van der Waals surface area contributed by atoms with Gasteiger partial charge in [-0.1, -0.05) is 18.2 Å². The van der Waals surface area contributed by atoms with Crippen molar-refractivity contribution < 1.29 is 14.3 Å². The van der Waals surface area contributed by atoms with Crippen LogP contribution in [0.3, 0.4) is 0 Å². The molecule has 0 spiro atoms. The van der Waals surface area contributed by atoms with E-state index in [-0.39, 0.29) is 30.5 Å². The van der Waals surface area contributed by atoms with Gasteiger partial charge in [-0.25, -0.2) is 4.98 Å². The Balaban J connectivity index is 1.50. The Kier molecular flexibility index (Phi) is 5.24. The molecule has 32 heavy (non-hydrogen) atoms. The maximum absolute atomic E-state index is 13.3. The van der Waals surface area contributed by atoms with Gasteiger partial charge in [0.15, 0.2) is 6.10 Å². The van der Waals surface area contributed by atoms with E-state index in [0.717, 1.165) is 10.4 Å². The van der Waals surface area contributed by atoms with E-state index in [1.807, 2.05) is 22.9 Å². The monoisotopic (exact) mass is 466 g/mol. The molecule has 0 radical (unpaired) electrons. The molecule has 0 aliphatic carbocycles. The van der Waals surface area contributed by atoms with Crippen LogP contribution >= 0.6 is 22.7 Å². The molecular formula is C22H18N4O4S2. The molecule has 1 aliphatic rings. The maximum Gasteiger partial charge on any atom is 0.263 e. The molecule has 8 nitrogen and oxygen atoms in total. The topological polar surface area (TPSA) is 93.5 Å². The highest BCUT2D eigenvalue weighted by Crippen LogP contribution is 2.34. The number of hydrogen-bond acceptors (Lipinski definition) is 7. The summed E-state index contributed by atoms with van der Waals surface area (Å²) in [6.07, 6.45) is 0.568. The SMILES string of the molecule is CNC(=O)[C@H]1CN(C(=O)Cn2cnc3scc(-c4cccs4)c3c2=O)c2ccccc2O1. The molecule has 0 unspecified atom stereocenters. The Morgan fingerprint density at radius 1 is 1.22 bits per heavy atom. The molecule has 3 aromatic heterocycles. The van der Waals surface area contributed by atoms with E-state index in [1.165, 1.54) is 34.2 Å². The summed E-state index contributed by atoms with van der Waals surface area (Å²) >= 11 is 2.95. The standard InChI is InChI=1S/C22H18N4O4S2/c1-23-20(28)16-9-26(14-5-2-3-6-15(14)30-16)18(27)10-25-12-24-21-19(22(25)29)13(11-32-21)17-7-4-8-31-17/h2-8,11-12,16H,9-10H2,1H3,(H,23,28)/t16-/m1/s1. The fraction of sp³-hybridized carbons (Fsp3) is 0.182. The second-order valence-corrected chi connectivity index (χ2v) is 8.98. The second-order valence-electron chi connectivity index (χ2n) is 7.18. The van der Waals surface area contributed by atoms with Gasteiger partial charge in [0.05, 0.1) is 23.9 Å². The van der Waals surface area contributed by atoms with Gasteiger partial charge in [-0.2, -0.15) is 0 Å². The summed E-state index contributed by atoms with van der Waals surface area (Å²) in [6, 6.07) is 10.9. The highest BCUT2D eigenvalue weighted by Gasteiger charge is 2.33. The predicted octanol–water partition coefficient (Wildman–Crippen LogP) is 2.73. The maximum atomic E-state index is 13.3. The lowest BCUT2D eigenvalue weighted by Gasteiger charge is -2.34. The van der Waals surface area contributed by atoms with E-state index >= 15 is 0 Å². The van der Waals surface area contributed by atoms with Gasteiger partial charge in [0.25, 0.3) is 11.5 Å². The molecule has 0 saturated carbocycles. The van der Waals surface area contributed by atoms with E-state index in [4.69, 9.17) is 4.74 Å². The first-order valence-electron chi connectivity index (χ1n) is 9.85. The molecule has 162 valence electrons. The van der Waals surface area contributed by atoms with E-state index in [2.05, 4.69) is 10.3 Å². The lowest BCUT2D eigenvalue weighted by Crippen LogP contribution is -2.51. The highest BCUT2D eigenvalue weighted by molar-refractivity contribution is 7.18. The number of hydrogen-bond donors (Lipinski definition) is 1. The molecule has 4 aromatic rings. The van der Waals surface area contributed by atoms with Crippen molar-refractivity contribution in [3.63, 3.8) is 0 Å². The number of nitrogens with zero attached hydrogens (tertiary/aromatic N) is 3. The first-order valence-corrected chi connectivity index (χ1v) is 11.6. The largest absolute Gasteiger partial charge is 0.477 e. The van der Waals surface area contributed by atoms with E-state index in [9.17, 15) is 14.4 Å².